The normalized spacial score (nSPS) is 15.3. The molecule has 2 aliphatic rings. The summed E-state index contributed by atoms with van der Waals surface area (Å²) >= 11 is 0. The van der Waals surface area contributed by atoms with E-state index in [-0.39, 0.29) is 10.8 Å². The molecule has 0 atom stereocenters. The van der Waals surface area contributed by atoms with Crippen molar-refractivity contribution >= 4 is 22.0 Å². The van der Waals surface area contributed by atoms with Crippen LogP contribution in [0.4, 0.5) is 0 Å². The van der Waals surface area contributed by atoms with Crippen LogP contribution in [0, 0.1) is 0 Å². The Morgan fingerprint density at radius 1 is 0.396 bits per heavy atom. The molecule has 0 bridgehead atoms. The number of pyridine rings is 1. The quantitative estimate of drug-likeness (QED) is 0.197. The van der Waals surface area contributed by atoms with E-state index in [1.165, 1.54) is 33.4 Å². The molecule has 0 spiro atoms. The highest BCUT2D eigenvalue weighted by Gasteiger charge is 2.49. The van der Waals surface area contributed by atoms with E-state index in [2.05, 4.69) is 155 Å². The molecule has 230 valence electrons. The fraction of sp³-hybridized carbons (Fsp3) is 0.133. The number of benzene rings is 5. The van der Waals surface area contributed by atoms with Gasteiger partial charge in [-0.15, -0.1) is 0 Å². The zero-order valence-electron chi connectivity index (χ0n) is 27.6. The Morgan fingerprint density at radius 3 is 1.52 bits per heavy atom. The molecule has 3 heteroatoms. The maximum absolute atomic E-state index is 5.14. The van der Waals surface area contributed by atoms with Gasteiger partial charge in [0, 0.05) is 38.5 Å². The van der Waals surface area contributed by atoms with E-state index in [1.807, 2.05) is 12.1 Å². The van der Waals surface area contributed by atoms with Crippen LogP contribution in [-0.2, 0) is 10.8 Å². The molecule has 0 amide bonds. The monoisotopic (exact) mass is 617 g/mol. The molecule has 0 saturated heterocycles. The summed E-state index contributed by atoms with van der Waals surface area (Å²) in [6.45, 7) is 9.50. The fourth-order valence-electron chi connectivity index (χ4n) is 8.01. The first-order valence-electron chi connectivity index (χ1n) is 16.7. The lowest BCUT2D eigenvalue weighted by Crippen LogP contribution is -2.19. The summed E-state index contributed by atoms with van der Waals surface area (Å²) in [6, 6.07) is 49.4. The van der Waals surface area contributed by atoms with Gasteiger partial charge in [-0.1, -0.05) is 137 Å². The van der Waals surface area contributed by atoms with Crippen LogP contribution in [0.25, 0.3) is 67.2 Å². The third kappa shape index (κ3) is 4.31. The molecule has 0 radical (unpaired) electrons. The minimum Gasteiger partial charge on any atom is -0.248 e. The zero-order chi connectivity index (χ0) is 32.6. The molecule has 0 fully saturated rings. The van der Waals surface area contributed by atoms with Gasteiger partial charge < -0.3 is 0 Å². The predicted octanol–water partition coefficient (Wildman–Crippen LogP) is 11.2. The molecule has 2 aromatic heterocycles. The second kappa shape index (κ2) is 10.4. The van der Waals surface area contributed by atoms with Gasteiger partial charge in [-0.05, 0) is 63.7 Å². The lowest BCUT2D eigenvalue weighted by atomic mass is 9.75. The summed E-state index contributed by atoms with van der Waals surface area (Å²) < 4.78 is 0. The van der Waals surface area contributed by atoms with Crippen molar-refractivity contribution in [2.45, 2.75) is 38.5 Å². The van der Waals surface area contributed by atoms with Crippen LogP contribution in [0.1, 0.15) is 49.9 Å². The van der Waals surface area contributed by atoms with Crippen molar-refractivity contribution in [3.63, 3.8) is 0 Å². The number of aromatic nitrogens is 3. The molecule has 3 nitrogen and oxygen atoms in total. The Morgan fingerprint density at radius 2 is 0.917 bits per heavy atom. The first-order chi connectivity index (χ1) is 23.3. The van der Waals surface area contributed by atoms with Gasteiger partial charge in [0.05, 0.1) is 22.6 Å². The number of nitrogens with zero attached hydrogens (tertiary/aromatic N) is 3. The van der Waals surface area contributed by atoms with Crippen molar-refractivity contribution in [2.75, 3.05) is 0 Å². The summed E-state index contributed by atoms with van der Waals surface area (Å²) in [5, 5.41) is 1.16. The van der Waals surface area contributed by atoms with Crippen molar-refractivity contribution in [2.24, 2.45) is 0 Å². The van der Waals surface area contributed by atoms with E-state index in [4.69, 9.17) is 15.0 Å². The lowest BCUT2D eigenvalue weighted by Gasteiger charge is -2.28. The Hall–Kier alpha value is -5.67. The van der Waals surface area contributed by atoms with Crippen LogP contribution in [0.15, 0.2) is 140 Å². The van der Waals surface area contributed by atoms with Crippen molar-refractivity contribution in [1.82, 2.24) is 15.0 Å². The first kappa shape index (κ1) is 28.5. The smallest absolute Gasteiger partial charge is 0.160 e. The number of rotatable bonds is 4. The Balaban J connectivity index is 1.14. The highest BCUT2D eigenvalue weighted by molar-refractivity contribution is 6.10. The minimum absolute atomic E-state index is 0.161. The van der Waals surface area contributed by atoms with Crippen LogP contribution in [0.2, 0.25) is 0 Å². The van der Waals surface area contributed by atoms with Gasteiger partial charge in [-0.2, -0.15) is 0 Å². The van der Waals surface area contributed by atoms with Gasteiger partial charge in [-0.25, -0.2) is 15.0 Å². The van der Waals surface area contributed by atoms with Gasteiger partial charge in [0.1, 0.15) is 0 Å². The summed E-state index contributed by atoms with van der Waals surface area (Å²) in [7, 11) is 0. The zero-order valence-corrected chi connectivity index (χ0v) is 27.6. The second-order valence-electron chi connectivity index (χ2n) is 14.1. The lowest BCUT2D eigenvalue weighted by molar-refractivity contribution is 0.694. The van der Waals surface area contributed by atoms with Gasteiger partial charge in [0.2, 0.25) is 0 Å². The predicted molar refractivity (Wildman–Crippen MR) is 198 cm³/mol. The molecular weight excluding hydrogens is 583 g/mol. The van der Waals surface area contributed by atoms with Crippen LogP contribution >= 0.6 is 0 Å². The molecule has 0 N–H and O–H groups in total. The molecule has 48 heavy (non-hydrogen) atoms. The highest BCUT2D eigenvalue weighted by atomic mass is 14.9. The van der Waals surface area contributed by atoms with Crippen molar-refractivity contribution in [1.29, 1.82) is 0 Å². The second-order valence-corrected chi connectivity index (χ2v) is 14.1. The molecule has 0 saturated carbocycles. The largest absolute Gasteiger partial charge is 0.248 e. The molecule has 5 aromatic carbocycles. The molecule has 9 rings (SSSR count). The van der Waals surface area contributed by atoms with E-state index in [9.17, 15) is 0 Å². The number of fused-ring (bicyclic) bond motifs is 5. The summed E-state index contributed by atoms with van der Waals surface area (Å²) in [6.07, 6.45) is 0. The number of para-hydroxylation sites is 1. The van der Waals surface area contributed by atoms with Crippen LogP contribution in [0.3, 0.4) is 0 Å². The number of hydrogen-bond donors (Lipinski definition) is 0. The topological polar surface area (TPSA) is 38.7 Å². The Kier molecular flexibility index (Phi) is 6.20. The average Bonchev–Trinajstić information content (AvgIpc) is 3.52. The van der Waals surface area contributed by atoms with Crippen molar-refractivity contribution in [3.8, 4) is 45.2 Å². The van der Waals surface area contributed by atoms with Gasteiger partial charge in [0.25, 0.3) is 0 Å². The number of hydrogen-bond acceptors (Lipinski definition) is 3. The van der Waals surface area contributed by atoms with Gasteiger partial charge in [-0.3, -0.25) is 0 Å². The number of allylic oxidation sites excluding steroid dienone is 2. The van der Waals surface area contributed by atoms with E-state index < -0.39 is 0 Å². The van der Waals surface area contributed by atoms with E-state index in [1.54, 1.807) is 0 Å². The first-order valence-corrected chi connectivity index (χ1v) is 16.7. The SMILES string of the molecule is CC1(C)C2=C(c3ccc(-c4ccc5ccccc5n4)cc31)C(C)(C)c1cc(-c3nc(-c4ccccc4)cc(-c4ccccc4)n3)ccc12. The maximum atomic E-state index is 5.14. The Bertz CT molecular complexity index is 2380. The molecule has 2 heterocycles. The van der Waals surface area contributed by atoms with Crippen LogP contribution < -0.4 is 0 Å². The summed E-state index contributed by atoms with van der Waals surface area (Å²) in [5.74, 6) is 0.744. The van der Waals surface area contributed by atoms with Crippen LogP contribution in [-0.4, -0.2) is 15.0 Å². The summed E-state index contributed by atoms with van der Waals surface area (Å²) in [4.78, 5) is 15.3. The molecule has 0 unspecified atom stereocenters. The molecule has 7 aromatic rings. The molecule has 0 aliphatic heterocycles. The van der Waals surface area contributed by atoms with E-state index >= 15 is 0 Å². The third-order valence-electron chi connectivity index (χ3n) is 10.4. The summed E-state index contributed by atoms with van der Waals surface area (Å²) in [5.41, 5.74) is 16.1. The average molecular weight is 618 g/mol. The third-order valence-corrected chi connectivity index (χ3v) is 10.4. The van der Waals surface area contributed by atoms with Crippen molar-refractivity contribution < 1.29 is 0 Å². The van der Waals surface area contributed by atoms with Gasteiger partial charge >= 0.3 is 0 Å². The van der Waals surface area contributed by atoms with E-state index in [0.29, 0.717) is 0 Å². The molecular formula is C45H35N3. The van der Waals surface area contributed by atoms with E-state index in [0.717, 1.165) is 56.1 Å². The Labute approximate surface area is 281 Å². The molecule has 2 aliphatic carbocycles. The van der Waals surface area contributed by atoms with Crippen molar-refractivity contribution in [3.05, 3.63) is 162 Å². The van der Waals surface area contributed by atoms with Gasteiger partial charge in [0.15, 0.2) is 5.82 Å². The maximum Gasteiger partial charge on any atom is 0.160 e. The van der Waals surface area contributed by atoms with Crippen LogP contribution in [0.5, 0.6) is 0 Å². The minimum atomic E-state index is -0.189. The standard InChI is InChI=1S/C45H35N3/c1-44(2)35-25-31(38-24-21-30-17-11-12-18-37(30)46-38)19-22-33(35)41-42(44)34-23-20-32(26-36(34)45(41,3)4)43-47-39(28-13-7-5-8-14-28)27-40(48-43)29-15-9-6-10-16-29/h5-27H,1-4H3. The fourth-order valence-corrected chi connectivity index (χ4v) is 8.01. The highest BCUT2D eigenvalue weighted by Crippen LogP contribution is 2.63.